The van der Waals surface area contributed by atoms with E-state index in [1.807, 2.05) is 0 Å². The maximum absolute atomic E-state index is 12.9. The van der Waals surface area contributed by atoms with Crippen molar-refractivity contribution in [2.45, 2.75) is 13.1 Å². The average molecular weight is 433 g/mol. The fourth-order valence-electron chi connectivity index (χ4n) is 3.01. The van der Waals surface area contributed by atoms with Crippen LogP contribution in [-0.4, -0.2) is 71.1 Å². The molecular formula is C20H25FN6O2S. The molecule has 10 heteroatoms. The van der Waals surface area contributed by atoms with Gasteiger partial charge in [-0.1, -0.05) is 29.5 Å². The largest absolute Gasteiger partial charge is 0.352 e. The van der Waals surface area contributed by atoms with Gasteiger partial charge in [0.2, 0.25) is 10.9 Å². The summed E-state index contributed by atoms with van der Waals surface area (Å²) in [5, 5.41) is 14.8. The summed E-state index contributed by atoms with van der Waals surface area (Å²) in [6, 6.07) is 5.98. The third-order valence-corrected chi connectivity index (χ3v) is 5.57. The number of carbonyl (C=O) groups is 2. The topological polar surface area (TPSA) is 90.5 Å². The Hall–Kier alpha value is -2.69. The Bertz CT molecular complexity index is 864. The van der Waals surface area contributed by atoms with Gasteiger partial charge in [0.15, 0.2) is 0 Å². The lowest BCUT2D eigenvalue weighted by molar-refractivity contribution is -0.122. The van der Waals surface area contributed by atoms with Crippen LogP contribution in [0.2, 0.25) is 0 Å². The second kappa shape index (κ2) is 10.9. The minimum Gasteiger partial charge on any atom is -0.352 e. The second-order valence-corrected chi connectivity index (χ2v) is 8.02. The molecule has 0 spiro atoms. The van der Waals surface area contributed by atoms with Crippen molar-refractivity contribution in [1.29, 1.82) is 0 Å². The third kappa shape index (κ3) is 6.68. The molecule has 0 saturated carbocycles. The van der Waals surface area contributed by atoms with Crippen LogP contribution in [0.15, 0.2) is 36.9 Å². The number of nitrogens with zero attached hydrogens (tertiary/aromatic N) is 4. The van der Waals surface area contributed by atoms with Crippen LogP contribution in [-0.2, 0) is 17.9 Å². The molecule has 30 heavy (non-hydrogen) atoms. The third-order valence-electron chi connectivity index (χ3n) is 4.66. The predicted molar refractivity (Wildman–Crippen MR) is 112 cm³/mol. The summed E-state index contributed by atoms with van der Waals surface area (Å²) in [5.41, 5.74) is 0.811. The van der Waals surface area contributed by atoms with Gasteiger partial charge in [-0.25, -0.2) is 4.39 Å². The number of hydrogen-bond donors (Lipinski definition) is 2. The Kier molecular flexibility index (Phi) is 8.00. The van der Waals surface area contributed by atoms with Crippen molar-refractivity contribution in [3.05, 3.63) is 58.3 Å². The van der Waals surface area contributed by atoms with E-state index in [1.54, 1.807) is 18.2 Å². The number of amides is 2. The van der Waals surface area contributed by atoms with Gasteiger partial charge in [0.25, 0.3) is 5.91 Å². The van der Waals surface area contributed by atoms with E-state index < -0.39 is 0 Å². The number of piperazine rings is 1. The Balaban J connectivity index is 1.41. The fraction of sp³-hybridized carbons (Fsp3) is 0.400. The van der Waals surface area contributed by atoms with Crippen LogP contribution in [0.5, 0.6) is 0 Å². The van der Waals surface area contributed by atoms with Crippen molar-refractivity contribution >= 4 is 23.2 Å². The summed E-state index contributed by atoms with van der Waals surface area (Å²) < 4.78 is 12.9. The Labute approximate surface area is 178 Å². The lowest BCUT2D eigenvalue weighted by atomic mass is 10.2. The summed E-state index contributed by atoms with van der Waals surface area (Å²) in [6.07, 6.45) is 1.66. The van der Waals surface area contributed by atoms with Gasteiger partial charge in [0.05, 0.1) is 13.1 Å². The minimum atomic E-state index is -0.310. The van der Waals surface area contributed by atoms with E-state index in [0.717, 1.165) is 36.8 Å². The number of rotatable bonds is 9. The molecule has 0 unspecified atom stereocenters. The highest BCUT2D eigenvalue weighted by Crippen LogP contribution is 2.14. The van der Waals surface area contributed by atoms with E-state index >= 15 is 0 Å². The van der Waals surface area contributed by atoms with Crippen LogP contribution >= 0.6 is 11.3 Å². The van der Waals surface area contributed by atoms with E-state index in [1.165, 1.54) is 23.5 Å². The summed E-state index contributed by atoms with van der Waals surface area (Å²) in [6.45, 7) is 8.62. The van der Waals surface area contributed by atoms with E-state index in [0.29, 0.717) is 31.2 Å². The van der Waals surface area contributed by atoms with Crippen LogP contribution in [0.3, 0.4) is 0 Å². The molecule has 1 saturated heterocycles. The standard InChI is InChI=1S/C20H25FN6O2S/c1-2-7-22-17(28)13-26-8-10-27(11-9-26)14-18-24-25-20(30-18)19(29)23-12-15-3-5-16(21)6-4-15/h2-6H,1,7-14H2,(H,22,28)(H,23,29). The van der Waals surface area contributed by atoms with Gasteiger partial charge in [-0.2, -0.15) is 0 Å². The fourth-order valence-corrected chi connectivity index (χ4v) is 3.81. The van der Waals surface area contributed by atoms with Crippen molar-refractivity contribution in [3.63, 3.8) is 0 Å². The molecule has 1 aliphatic rings. The predicted octanol–water partition coefficient (Wildman–Crippen LogP) is 1.03. The molecule has 1 aliphatic heterocycles. The molecule has 0 radical (unpaired) electrons. The first-order chi connectivity index (χ1) is 14.5. The SMILES string of the molecule is C=CCNC(=O)CN1CCN(Cc2nnc(C(=O)NCc3ccc(F)cc3)s2)CC1. The number of nitrogens with one attached hydrogen (secondary N) is 2. The van der Waals surface area contributed by atoms with Gasteiger partial charge < -0.3 is 10.6 Å². The smallest absolute Gasteiger partial charge is 0.282 e. The Morgan fingerprint density at radius 2 is 1.80 bits per heavy atom. The monoisotopic (exact) mass is 432 g/mol. The second-order valence-electron chi connectivity index (χ2n) is 6.96. The van der Waals surface area contributed by atoms with Crippen LogP contribution in [0.1, 0.15) is 20.4 Å². The molecule has 1 aromatic carbocycles. The van der Waals surface area contributed by atoms with Gasteiger partial charge in [-0.15, -0.1) is 16.8 Å². The van der Waals surface area contributed by atoms with Crippen molar-refractivity contribution in [2.24, 2.45) is 0 Å². The molecule has 2 amide bonds. The van der Waals surface area contributed by atoms with Gasteiger partial charge >= 0.3 is 0 Å². The van der Waals surface area contributed by atoms with E-state index in [9.17, 15) is 14.0 Å². The number of halogens is 1. The normalized spacial score (nSPS) is 15.0. The molecule has 1 fully saturated rings. The van der Waals surface area contributed by atoms with Crippen molar-refractivity contribution in [3.8, 4) is 0 Å². The van der Waals surface area contributed by atoms with Crippen LogP contribution in [0.4, 0.5) is 4.39 Å². The molecule has 0 atom stereocenters. The highest BCUT2D eigenvalue weighted by molar-refractivity contribution is 7.13. The zero-order valence-corrected chi connectivity index (χ0v) is 17.5. The minimum absolute atomic E-state index is 0.00349. The maximum Gasteiger partial charge on any atom is 0.282 e. The van der Waals surface area contributed by atoms with Crippen molar-refractivity contribution in [1.82, 2.24) is 30.6 Å². The van der Waals surface area contributed by atoms with Gasteiger partial charge in [0, 0.05) is 39.3 Å². The van der Waals surface area contributed by atoms with Crippen LogP contribution < -0.4 is 10.6 Å². The summed E-state index contributed by atoms with van der Waals surface area (Å²) in [5.74, 6) is -0.599. The van der Waals surface area contributed by atoms with Crippen molar-refractivity contribution in [2.75, 3.05) is 39.3 Å². The lowest BCUT2D eigenvalue weighted by Gasteiger charge is -2.33. The highest BCUT2D eigenvalue weighted by Gasteiger charge is 2.21. The molecule has 1 aromatic heterocycles. The Morgan fingerprint density at radius 1 is 1.10 bits per heavy atom. The van der Waals surface area contributed by atoms with Crippen LogP contribution in [0.25, 0.3) is 0 Å². The lowest BCUT2D eigenvalue weighted by Crippen LogP contribution is -2.49. The molecule has 2 N–H and O–H groups in total. The quantitative estimate of drug-likeness (QED) is 0.575. The first-order valence-corrected chi connectivity index (χ1v) is 10.5. The number of benzene rings is 1. The number of carbonyl (C=O) groups excluding carboxylic acids is 2. The van der Waals surface area contributed by atoms with Crippen LogP contribution in [0, 0.1) is 5.82 Å². The Morgan fingerprint density at radius 3 is 2.50 bits per heavy atom. The molecule has 0 bridgehead atoms. The first kappa shape index (κ1) is 22.0. The molecule has 2 heterocycles. The maximum atomic E-state index is 12.9. The molecular weight excluding hydrogens is 407 g/mol. The first-order valence-electron chi connectivity index (χ1n) is 9.71. The molecule has 2 aromatic rings. The summed E-state index contributed by atoms with van der Waals surface area (Å²) in [7, 11) is 0. The highest BCUT2D eigenvalue weighted by atomic mass is 32.1. The summed E-state index contributed by atoms with van der Waals surface area (Å²) in [4.78, 5) is 28.4. The van der Waals surface area contributed by atoms with E-state index in [2.05, 4.69) is 37.2 Å². The van der Waals surface area contributed by atoms with Gasteiger partial charge in [0.1, 0.15) is 10.8 Å². The zero-order valence-electron chi connectivity index (χ0n) is 16.6. The molecule has 3 rings (SSSR count). The average Bonchev–Trinajstić information content (AvgIpc) is 3.21. The molecule has 8 nitrogen and oxygen atoms in total. The van der Waals surface area contributed by atoms with Gasteiger partial charge in [-0.05, 0) is 17.7 Å². The molecule has 160 valence electrons. The van der Waals surface area contributed by atoms with Crippen molar-refractivity contribution < 1.29 is 14.0 Å². The summed E-state index contributed by atoms with van der Waals surface area (Å²) >= 11 is 1.27. The zero-order chi connectivity index (χ0) is 21.3. The van der Waals surface area contributed by atoms with E-state index in [-0.39, 0.29) is 17.6 Å². The van der Waals surface area contributed by atoms with E-state index in [4.69, 9.17) is 0 Å². The van der Waals surface area contributed by atoms with Gasteiger partial charge in [-0.3, -0.25) is 19.4 Å². The number of hydrogen-bond acceptors (Lipinski definition) is 7. The molecule has 0 aliphatic carbocycles. The number of aromatic nitrogens is 2.